The van der Waals surface area contributed by atoms with Crippen LogP contribution in [-0.2, 0) is 0 Å². The van der Waals surface area contributed by atoms with E-state index in [4.69, 9.17) is 0 Å². The molecule has 1 aliphatic carbocycles. The first-order valence-electron chi connectivity index (χ1n) is 8.02. The third-order valence-electron chi connectivity index (χ3n) is 4.44. The maximum absolute atomic E-state index is 12.3. The van der Waals surface area contributed by atoms with Crippen LogP contribution in [0.4, 0.5) is 5.69 Å². The first-order valence-corrected chi connectivity index (χ1v) is 8.02. The molecule has 0 spiro atoms. The second kappa shape index (κ2) is 6.48. The fraction of sp³-hybridized carbons (Fsp3) is 0.529. The SMILES string of the molecule is CC1=NN(c2ccc(C(=O)NC3CCC(O)CC3)cc2)CC1. The standard InChI is InChI=1S/C17H23N3O2/c1-12-10-11-20(19-12)15-6-2-13(3-7-15)17(22)18-14-4-8-16(21)9-5-14/h2-3,6-7,14,16,21H,4-5,8-11H2,1H3,(H,18,22). The van der Waals surface area contributed by atoms with Crippen molar-refractivity contribution in [2.75, 3.05) is 11.6 Å². The molecule has 1 aromatic carbocycles. The Balaban J connectivity index is 1.59. The highest BCUT2D eigenvalue weighted by molar-refractivity contribution is 5.94. The number of aliphatic hydroxyl groups excluding tert-OH is 1. The molecule has 5 nitrogen and oxygen atoms in total. The van der Waals surface area contributed by atoms with Gasteiger partial charge in [-0.1, -0.05) is 0 Å². The first-order chi connectivity index (χ1) is 10.6. The molecule has 1 aliphatic heterocycles. The fourth-order valence-corrected chi connectivity index (χ4v) is 3.03. The number of hydrazone groups is 1. The lowest BCUT2D eigenvalue weighted by atomic mass is 9.93. The number of amides is 1. The molecule has 2 N–H and O–H groups in total. The Kier molecular flexibility index (Phi) is 4.43. The molecule has 3 rings (SSSR count). The molecule has 1 amide bonds. The zero-order chi connectivity index (χ0) is 15.5. The maximum Gasteiger partial charge on any atom is 0.251 e. The zero-order valence-electron chi connectivity index (χ0n) is 13.0. The van der Waals surface area contributed by atoms with Crippen LogP contribution in [-0.4, -0.2) is 35.4 Å². The van der Waals surface area contributed by atoms with Crippen LogP contribution in [0.15, 0.2) is 29.4 Å². The summed E-state index contributed by atoms with van der Waals surface area (Å²) in [4.78, 5) is 12.3. The molecule has 0 bridgehead atoms. The van der Waals surface area contributed by atoms with Crippen molar-refractivity contribution in [3.8, 4) is 0 Å². The lowest BCUT2D eigenvalue weighted by Crippen LogP contribution is -2.38. The summed E-state index contributed by atoms with van der Waals surface area (Å²) in [6.45, 7) is 2.94. The van der Waals surface area contributed by atoms with Crippen LogP contribution >= 0.6 is 0 Å². The molecule has 5 heteroatoms. The van der Waals surface area contributed by atoms with Crippen LogP contribution < -0.4 is 10.3 Å². The van der Waals surface area contributed by atoms with Crippen molar-refractivity contribution in [3.05, 3.63) is 29.8 Å². The summed E-state index contributed by atoms with van der Waals surface area (Å²) in [5.74, 6) is -0.0333. The van der Waals surface area contributed by atoms with Gasteiger partial charge in [0, 0.05) is 30.3 Å². The van der Waals surface area contributed by atoms with Gasteiger partial charge in [-0.3, -0.25) is 9.80 Å². The van der Waals surface area contributed by atoms with E-state index >= 15 is 0 Å². The quantitative estimate of drug-likeness (QED) is 0.900. The third-order valence-corrected chi connectivity index (χ3v) is 4.44. The van der Waals surface area contributed by atoms with Crippen LogP contribution in [0, 0.1) is 0 Å². The normalized spacial score (nSPS) is 25.0. The van der Waals surface area contributed by atoms with Crippen LogP contribution in [0.2, 0.25) is 0 Å². The highest BCUT2D eigenvalue weighted by atomic mass is 16.3. The van der Waals surface area contributed by atoms with Crippen molar-refractivity contribution in [2.45, 2.75) is 51.2 Å². The molecule has 0 aromatic heterocycles. The van der Waals surface area contributed by atoms with E-state index in [1.807, 2.05) is 36.2 Å². The summed E-state index contributed by atoms with van der Waals surface area (Å²) in [6.07, 6.45) is 4.05. The predicted molar refractivity (Wildman–Crippen MR) is 87.2 cm³/mol. The molecule has 0 atom stereocenters. The largest absolute Gasteiger partial charge is 0.393 e. The van der Waals surface area contributed by atoms with Crippen LogP contribution in [0.3, 0.4) is 0 Å². The molecule has 1 aromatic rings. The zero-order valence-corrected chi connectivity index (χ0v) is 13.0. The Hall–Kier alpha value is -1.88. The summed E-state index contributed by atoms with van der Waals surface area (Å²) in [7, 11) is 0. The van der Waals surface area contributed by atoms with E-state index in [-0.39, 0.29) is 18.1 Å². The molecule has 0 unspecified atom stereocenters. The Bertz CT molecular complexity index is 560. The molecule has 0 saturated heterocycles. The number of carbonyl (C=O) groups excluding carboxylic acids is 1. The Morgan fingerprint density at radius 1 is 1.23 bits per heavy atom. The number of rotatable bonds is 3. The van der Waals surface area contributed by atoms with Gasteiger partial charge in [-0.15, -0.1) is 0 Å². The summed E-state index contributed by atoms with van der Waals surface area (Å²) >= 11 is 0. The van der Waals surface area contributed by atoms with E-state index < -0.39 is 0 Å². The lowest BCUT2D eigenvalue weighted by molar-refractivity contribution is 0.0867. The number of nitrogens with one attached hydrogen (secondary N) is 1. The van der Waals surface area contributed by atoms with Crippen molar-refractivity contribution in [1.29, 1.82) is 0 Å². The van der Waals surface area contributed by atoms with Crippen molar-refractivity contribution in [1.82, 2.24) is 5.32 Å². The molecule has 22 heavy (non-hydrogen) atoms. The molecule has 0 radical (unpaired) electrons. The Labute approximate surface area is 131 Å². The predicted octanol–water partition coefficient (Wildman–Crippen LogP) is 2.31. The number of hydrogen-bond donors (Lipinski definition) is 2. The van der Waals surface area contributed by atoms with Gasteiger partial charge < -0.3 is 10.4 Å². The number of aliphatic hydroxyl groups is 1. The van der Waals surface area contributed by atoms with Gasteiger partial charge in [0.05, 0.1) is 11.8 Å². The van der Waals surface area contributed by atoms with Crippen LogP contribution in [0.1, 0.15) is 49.4 Å². The van der Waals surface area contributed by atoms with Crippen molar-refractivity contribution >= 4 is 17.3 Å². The van der Waals surface area contributed by atoms with E-state index in [2.05, 4.69) is 10.4 Å². The van der Waals surface area contributed by atoms with E-state index in [1.165, 1.54) is 0 Å². The van der Waals surface area contributed by atoms with E-state index in [0.29, 0.717) is 5.56 Å². The van der Waals surface area contributed by atoms with E-state index in [0.717, 1.165) is 50.0 Å². The molecular formula is C17H23N3O2. The summed E-state index contributed by atoms with van der Waals surface area (Å²) in [5, 5.41) is 19.0. The molecular weight excluding hydrogens is 278 g/mol. The Morgan fingerprint density at radius 3 is 2.50 bits per heavy atom. The molecule has 1 fully saturated rings. The minimum atomic E-state index is -0.197. The van der Waals surface area contributed by atoms with Gasteiger partial charge >= 0.3 is 0 Å². The van der Waals surface area contributed by atoms with E-state index in [9.17, 15) is 9.90 Å². The smallest absolute Gasteiger partial charge is 0.251 e. The molecule has 118 valence electrons. The van der Waals surface area contributed by atoms with Crippen molar-refractivity contribution < 1.29 is 9.90 Å². The number of hydrogen-bond acceptors (Lipinski definition) is 4. The second-order valence-electron chi connectivity index (χ2n) is 6.23. The van der Waals surface area contributed by atoms with Crippen LogP contribution in [0.5, 0.6) is 0 Å². The van der Waals surface area contributed by atoms with Gasteiger partial charge in [-0.05, 0) is 56.9 Å². The van der Waals surface area contributed by atoms with Crippen molar-refractivity contribution in [3.63, 3.8) is 0 Å². The number of anilines is 1. The highest BCUT2D eigenvalue weighted by Gasteiger charge is 2.21. The van der Waals surface area contributed by atoms with E-state index in [1.54, 1.807) is 0 Å². The topological polar surface area (TPSA) is 64.9 Å². The lowest BCUT2D eigenvalue weighted by Gasteiger charge is -2.26. The van der Waals surface area contributed by atoms with Gasteiger partial charge in [-0.25, -0.2) is 0 Å². The summed E-state index contributed by atoms with van der Waals surface area (Å²) in [6, 6.07) is 7.78. The second-order valence-corrected chi connectivity index (χ2v) is 6.23. The Morgan fingerprint density at radius 2 is 1.91 bits per heavy atom. The average Bonchev–Trinajstić information content (AvgIpc) is 2.96. The van der Waals surface area contributed by atoms with Gasteiger partial charge in [-0.2, -0.15) is 5.10 Å². The third kappa shape index (κ3) is 3.47. The number of carbonyl (C=O) groups is 1. The molecule has 1 saturated carbocycles. The maximum atomic E-state index is 12.3. The monoisotopic (exact) mass is 301 g/mol. The summed E-state index contributed by atoms with van der Waals surface area (Å²) in [5.41, 5.74) is 2.84. The number of nitrogens with zero attached hydrogens (tertiary/aromatic N) is 2. The van der Waals surface area contributed by atoms with Crippen molar-refractivity contribution in [2.24, 2.45) is 5.10 Å². The number of benzene rings is 1. The minimum absolute atomic E-state index is 0.0333. The highest BCUT2D eigenvalue weighted by Crippen LogP contribution is 2.21. The summed E-state index contributed by atoms with van der Waals surface area (Å²) < 4.78 is 0. The minimum Gasteiger partial charge on any atom is -0.393 e. The van der Waals surface area contributed by atoms with Gasteiger partial charge in [0.1, 0.15) is 0 Å². The first kappa shape index (κ1) is 15.0. The van der Waals surface area contributed by atoms with Gasteiger partial charge in [0.25, 0.3) is 5.91 Å². The fourth-order valence-electron chi connectivity index (χ4n) is 3.03. The van der Waals surface area contributed by atoms with Crippen LogP contribution in [0.25, 0.3) is 0 Å². The molecule has 2 aliphatic rings. The van der Waals surface area contributed by atoms with Gasteiger partial charge in [0.15, 0.2) is 0 Å². The average molecular weight is 301 g/mol. The molecule has 1 heterocycles. The van der Waals surface area contributed by atoms with Gasteiger partial charge in [0.2, 0.25) is 0 Å².